The van der Waals surface area contributed by atoms with E-state index < -0.39 is 0 Å². The van der Waals surface area contributed by atoms with Gasteiger partial charge in [-0.1, -0.05) is 18.2 Å². The zero-order valence-corrected chi connectivity index (χ0v) is 21.0. The lowest BCUT2D eigenvalue weighted by Gasteiger charge is -2.36. The maximum Gasteiger partial charge on any atom is 0.261 e. The van der Waals surface area contributed by atoms with Crippen LogP contribution in [0.5, 0.6) is 5.88 Å². The summed E-state index contributed by atoms with van der Waals surface area (Å²) >= 11 is 1.37. The van der Waals surface area contributed by atoms with E-state index in [0.717, 1.165) is 61.3 Å². The fourth-order valence-electron chi connectivity index (χ4n) is 4.31. The van der Waals surface area contributed by atoms with E-state index in [9.17, 15) is 4.79 Å². The average molecular weight is 484 g/mol. The third-order valence-electron chi connectivity index (χ3n) is 6.16. The Hall–Kier alpha value is -2.75. The molecule has 0 atom stereocenters. The first kappa shape index (κ1) is 24.4. The number of amides is 1. The molecule has 1 aliphatic heterocycles. The number of nitrogens with one attached hydrogen (secondary N) is 1. The molecular formula is C25H33N5O3S. The number of anilines is 1. The molecule has 0 bridgehead atoms. The number of aryl methyl sites for hydroxylation is 1. The lowest BCUT2D eigenvalue weighted by atomic mass is 10.2. The number of methoxy groups -OCH3 is 2. The van der Waals surface area contributed by atoms with Gasteiger partial charge >= 0.3 is 0 Å². The van der Waals surface area contributed by atoms with Crippen LogP contribution >= 0.6 is 11.3 Å². The first-order valence-corrected chi connectivity index (χ1v) is 12.6. The number of aromatic nitrogens is 2. The van der Waals surface area contributed by atoms with Crippen LogP contribution in [-0.2, 0) is 11.3 Å². The van der Waals surface area contributed by atoms with Gasteiger partial charge < -0.3 is 19.7 Å². The van der Waals surface area contributed by atoms with Gasteiger partial charge in [0.2, 0.25) is 5.88 Å². The van der Waals surface area contributed by atoms with Crippen molar-refractivity contribution in [1.82, 2.24) is 20.2 Å². The maximum absolute atomic E-state index is 12.9. The van der Waals surface area contributed by atoms with Crippen molar-refractivity contribution < 1.29 is 14.3 Å². The number of rotatable bonds is 10. The van der Waals surface area contributed by atoms with E-state index in [0.29, 0.717) is 29.7 Å². The van der Waals surface area contributed by atoms with Crippen molar-refractivity contribution in [3.63, 3.8) is 0 Å². The standard InChI is InChI=1S/C25H33N5O3S/c1-18-21-24(33-3)27-20(17-32-2)28-25(21)34-22(18)23(31)26-11-7-8-12-29-13-15-30(16-14-29)19-9-5-4-6-10-19/h4-6,9-10H,7-8,11-17H2,1-3H3,(H,26,31). The van der Waals surface area contributed by atoms with E-state index in [1.165, 1.54) is 17.0 Å². The Kier molecular flexibility index (Phi) is 8.31. The Bertz CT molecular complexity index is 1100. The number of piperazine rings is 1. The van der Waals surface area contributed by atoms with Crippen LogP contribution in [0.4, 0.5) is 5.69 Å². The van der Waals surface area contributed by atoms with Crippen LogP contribution in [0, 0.1) is 6.92 Å². The predicted octanol–water partition coefficient (Wildman–Crippen LogP) is 3.49. The molecule has 3 aromatic rings. The number of nitrogens with zero attached hydrogens (tertiary/aromatic N) is 4. The molecule has 8 nitrogen and oxygen atoms in total. The summed E-state index contributed by atoms with van der Waals surface area (Å²) in [6.07, 6.45) is 2.02. The van der Waals surface area contributed by atoms with Crippen molar-refractivity contribution in [1.29, 1.82) is 0 Å². The minimum absolute atomic E-state index is 0.0627. The van der Waals surface area contributed by atoms with E-state index in [1.54, 1.807) is 14.2 Å². The number of carbonyl (C=O) groups excluding carboxylic acids is 1. The summed E-state index contributed by atoms with van der Waals surface area (Å²) in [5.74, 6) is 0.967. The minimum atomic E-state index is -0.0627. The zero-order valence-electron chi connectivity index (χ0n) is 20.2. The molecule has 0 unspecified atom stereocenters. The summed E-state index contributed by atoms with van der Waals surface area (Å²) in [6, 6.07) is 10.6. The minimum Gasteiger partial charge on any atom is -0.480 e. The number of benzene rings is 1. The summed E-state index contributed by atoms with van der Waals surface area (Å²) in [7, 11) is 3.18. The summed E-state index contributed by atoms with van der Waals surface area (Å²) in [5.41, 5.74) is 2.16. The van der Waals surface area contributed by atoms with Crippen molar-refractivity contribution in [3.8, 4) is 5.88 Å². The lowest BCUT2D eigenvalue weighted by Crippen LogP contribution is -2.46. The maximum atomic E-state index is 12.9. The van der Waals surface area contributed by atoms with Crippen LogP contribution in [-0.4, -0.2) is 74.3 Å². The highest BCUT2D eigenvalue weighted by molar-refractivity contribution is 7.20. The third kappa shape index (κ3) is 5.65. The molecule has 1 fully saturated rings. The summed E-state index contributed by atoms with van der Waals surface area (Å²) in [4.78, 5) is 28.2. The molecule has 9 heteroatoms. The third-order valence-corrected chi connectivity index (χ3v) is 7.34. The molecule has 0 aliphatic carbocycles. The molecule has 2 aromatic heterocycles. The normalized spacial score (nSPS) is 14.5. The molecule has 1 aromatic carbocycles. The van der Waals surface area contributed by atoms with Crippen LogP contribution in [0.2, 0.25) is 0 Å². The van der Waals surface area contributed by atoms with Gasteiger partial charge in [0.1, 0.15) is 11.4 Å². The number of para-hydroxylation sites is 1. The van der Waals surface area contributed by atoms with Crippen LogP contribution < -0.4 is 15.0 Å². The number of thiophene rings is 1. The first-order valence-electron chi connectivity index (χ1n) is 11.7. The largest absolute Gasteiger partial charge is 0.480 e. The van der Waals surface area contributed by atoms with Crippen molar-refractivity contribution in [2.24, 2.45) is 0 Å². The number of hydrogen-bond donors (Lipinski definition) is 1. The fraction of sp³-hybridized carbons (Fsp3) is 0.480. The van der Waals surface area contributed by atoms with E-state index in [1.807, 2.05) is 6.92 Å². The van der Waals surface area contributed by atoms with Crippen LogP contribution in [0.25, 0.3) is 10.2 Å². The number of fused-ring (bicyclic) bond motifs is 1. The van der Waals surface area contributed by atoms with Crippen LogP contribution in [0.15, 0.2) is 30.3 Å². The van der Waals surface area contributed by atoms with Gasteiger partial charge in [-0.2, -0.15) is 4.98 Å². The van der Waals surface area contributed by atoms with Crippen LogP contribution in [0.3, 0.4) is 0 Å². The number of ether oxygens (including phenoxy) is 2. The Morgan fingerprint density at radius 1 is 1.09 bits per heavy atom. The van der Waals surface area contributed by atoms with Crippen molar-refractivity contribution >= 4 is 33.1 Å². The molecule has 1 aliphatic rings. The lowest BCUT2D eigenvalue weighted by molar-refractivity contribution is 0.0956. The first-order chi connectivity index (χ1) is 16.6. The van der Waals surface area contributed by atoms with Gasteiger partial charge in [0.25, 0.3) is 5.91 Å². The average Bonchev–Trinajstić information content (AvgIpc) is 3.20. The summed E-state index contributed by atoms with van der Waals surface area (Å²) < 4.78 is 10.6. The predicted molar refractivity (Wildman–Crippen MR) is 136 cm³/mol. The molecular weight excluding hydrogens is 450 g/mol. The summed E-state index contributed by atoms with van der Waals surface area (Å²) in [5, 5.41) is 3.87. The van der Waals surface area contributed by atoms with E-state index in [-0.39, 0.29) is 5.91 Å². The molecule has 4 rings (SSSR count). The van der Waals surface area contributed by atoms with E-state index in [4.69, 9.17) is 9.47 Å². The smallest absolute Gasteiger partial charge is 0.261 e. The highest BCUT2D eigenvalue weighted by atomic mass is 32.1. The number of hydrogen-bond acceptors (Lipinski definition) is 8. The Labute approximate surface area is 204 Å². The molecule has 0 radical (unpaired) electrons. The molecule has 1 amide bonds. The second-order valence-electron chi connectivity index (χ2n) is 8.45. The Morgan fingerprint density at radius 2 is 1.85 bits per heavy atom. The van der Waals surface area contributed by atoms with Gasteiger partial charge in [-0.05, 0) is 44.0 Å². The monoisotopic (exact) mass is 483 g/mol. The molecule has 3 heterocycles. The van der Waals surface area contributed by atoms with E-state index in [2.05, 4.69) is 55.4 Å². The number of unbranched alkanes of at least 4 members (excludes halogenated alkanes) is 1. The molecule has 0 spiro atoms. The Morgan fingerprint density at radius 3 is 2.56 bits per heavy atom. The molecule has 182 valence electrons. The van der Waals surface area contributed by atoms with Crippen molar-refractivity contribution in [2.45, 2.75) is 26.4 Å². The van der Waals surface area contributed by atoms with Gasteiger partial charge in [-0.15, -0.1) is 11.3 Å². The fourth-order valence-corrected chi connectivity index (χ4v) is 5.42. The molecule has 1 N–H and O–H groups in total. The quantitative estimate of drug-likeness (QED) is 0.442. The molecule has 34 heavy (non-hydrogen) atoms. The highest BCUT2D eigenvalue weighted by Gasteiger charge is 2.21. The van der Waals surface area contributed by atoms with Crippen molar-refractivity contribution in [2.75, 3.05) is 58.4 Å². The topological polar surface area (TPSA) is 79.8 Å². The van der Waals surface area contributed by atoms with Gasteiger partial charge in [0.15, 0.2) is 5.82 Å². The second kappa shape index (κ2) is 11.6. The number of carbonyl (C=O) groups is 1. The second-order valence-corrected chi connectivity index (χ2v) is 9.44. The van der Waals surface area contributed by atoms with Gasteiger partial charge in [-0.3, -0.25) is 9.69 Å². The van der Waals surface area contributed by atoms with Gasteiger partial charge in [0, 0.05) is 45.5 Å². The molecule has 1 saturated heterocycles. The van der Waals surface area contributed by atoms with Crippen molar-refractivity contribution in [3.05, 3.63) is 46.6 Å². The van der Waals surface area contributed by atoms with Gasteiger partial charge in [-0.25, -0.2) is 4.98 Å². The van der Waals surface area contributed by atoms with Crippen LogP contribution in [0.1, 0.15) is 33.9 Å². The zero-order chi connectivity index (χ0) is 23.9. The van der Waals surface area contributed by atoms with E-state index >= 15 is 0 Å². The highest BCUT2D eigenvalue weighted by Crippen LogP contribution is 2.35. The SMILES string of the molecule is COCc1nc(OC)c2c(C)c(C(=O)NCCCCN3CCN(c4ccccc4)CC3)sc2n1. The van der Waals surface area contributed by atoms with Gasteiger partial charge in [0.05, 0.1) is 17.4 Å². The molecule has 0 saturated carbocycles. The summed E-state index contributed by atoms with van der Waals surface area (Å²) in [6.45, 7) is 8.22. The Balaban J connectivity index is 1.23.